The normalized spacial score (nSPS) is 20.6. The van der Waals surface area contributed by atoms with Crippen LogP contribution in [0.5, 0.6) is 0 Å². The highest BCUT2D eigenvalue weighted by atomic mass is 32.2. The van der Waals surface area contributed by atoms with Crippen molar-refractivity contribution in [2.45, 2.75) is 24.8 Å². The van der Waals surface area contributed by atoms with Crippen LogP contribution in [0.3, 0.4) is 0 Å². The molecule has 1 aromatic rings. The number of aromatic nitrogens is 1. The molecule has 0 radical (unpaired) electrons. The minimum absolute atomic E-state index is 0.0869. The molecule has 0 saturated carbocycles. The lowest BCUT2D eigenvalue weighted by molar-refractivity contribution is -0.137. The Labute approximate surface area is 114 Å². The summed E-state index contributed by atoms with van der Waals surface area (Å²) in [4.78, 5) is 5.92. The van der Waals surface area contributed by atoms with Crippen molar-refractivity contribution in [2.75, 3.05) is 29.5 Å². The van der Waals surface area contributed by atoms with E-state index in [0.29, 0.717) is 17.6 Å². The zero-order valence-corrected chi connectivity index (χ0v) is 11.4. The number of hydrogen-bond acceptors (Lipinski definition) is 4. The number of nitrogen functional groups attached to an aromatic ring is 1. The monoisotopic (exact) mass is 291 g/mol. The molecule has 7 heteroatoms. The molecule has 1 aromatic heterocycles. The van der Waals surface area contributed by atoms with Gasteiger partial charge in [-0.2, -0.15) is 24.9 Å². The number of rotatable bonds is 2. The van der Waals surface area contributed by atoms with Crippen LogP contribution in [0.2, 0.25) is 0 Å². The maximum atomic E-state index is 12.8. The summed E-state index contributed by atoms with van der Waals surface area (Å²) in [5.41, 5.74) is 4.75. The second-order valence-electron chi connectivity index (χ2n) is 4.48. The lowest BCUT2D eigenvalue weighted by Crippen LogP contribution is -2.38. The molecule has 0 aromatic carbocycles. The Morgan fingerprint density at radius 1 is 1.47 bits per heavy atom. The minimum Gasteiger partial charge on any atom is -0.384 e. The second kappa shape index (κ2) is 5.48. The number of nitrogens with zero attached hydrogens (tertiary/aromatic N) is 2. The molecule has 1 fully saturated rings. The zero-order valence-electron chi connectivity index (χ0n) is 10.6. The third kappa shape index (κ3) is 3.46. The fourth-order valence-corrected chi connectivity index (χ4v) is 3.22. The molecular weight excluding hydrogens is 275 g/mol. The third-order valence-corrected chi connectivity index (χ3v) is 4.45. The summed E-state index contributed by atoms with van der Waals surface area (Å²) < 4.78 is 38.3. The molecule has 19 heavy (non-hydrogen) atoms. The minimum atomic E-state index is -4.39. The molecular formula is C12H16F3N3S. The average molecular weight is 291 g/mol. The Balaban J connectivity index is 2.26. The number of alkyl halides is 3. The first-order valence-electron chi connectivity index (χ1n) is 6.11. The zero-order chi connectivity index (χ0) is 14.0. The van der Waals surface area contributed by atoms with Gasteiger partial charge in [0.1, 0.15) is 11.6 Å². The van der Waals surface area contributed by atoms with Crippen molar-refractivity contribution in [1.29, 1.82) is 0 Å². The first-order chi connectivity index (χ1) is 8.90. The molecule has 1 aliphatic rings. The van der Waals surface area contributed by atoms with Gasteiger partial charge in [-0.1, -0.05) is 6.92 Å². The van der Waals surface area contributed by atoms with Crippen LogP contribution in [0.4, 0.5) is 24.8 Å². The van der Waals surface area contributed by atoms with Crippen molar-refractivity contribution in [3.63, 3.8) is 0 Å². The summed E-state index contributed by atoms with van der Waals surface area (Å²) in [5.74, 6) is 1.14. The molecule has 0 bridgehead atoms. The van der Waals surface area contributed by atoms with Gasteiger partial charge in [-0.15, -0.1) is 0 Å². The Hall–Kier alpha value is -1.11. The molecule has 0 aliphatic carbocycles. The van der Waals surface area contributed by atoms with Crippen LogP contribution in [0.25, 0.3) is 0 Å². The van der Waals surface area contributed by atoms with Crippen molar-refractivity contribution in [1.82, 2.24) is 4.98 Å². The van der Waals surface area contributed by atoms with Crippen LogP contribution in [-0.2, 0) is 6.18 Å². The van der Waals surface area contributed by atoms with Crippen LogP contribution in [-0.4, -0.2) is 29.1 Å². The fourth-order valence-electron chi connectivity index (χ4n) is 2.04. The summed E-state index contributed by atoms with van der Waals surface area (Å²) in [6, 6.07) is 1.96. The van der Waals surface area contributed by atoms with Gasteiger partial charge in [0.2, 0.25) is 0 Å². The quantitative estimate of drug-likeness (QED) is 0.909. The number of pyridine rings is 1. The van der Waals surface area contributed by atoms with Crippen LogP contribution in [0, 0.1) is 0 Å². The van der Waals surface area contributed by atoms with Gasteiger partial charge in [-0.05, 0) is 18.6 Å². The van der Waals surface area contributed by atoms with Gasteiger partial charge in [0.15, 0.2) is 0 Å². The van der Waals surface area contributed by atoms with E-state index < -0.39 is 11.7 Å². The highest BCUT2D eigenvalue weighted by molar-refractivity contribution is 8.00. The standard InChI is InChI=1S/C12H16F3N3S/c1-2-9-7-18(3-4-19-9)11-6-8(12(13,14)15)5-10(16)17-11/h5-6,9H,2-4,7H2,1H3,(H2,16,17). The van der Waals surface area contributed by atoms with E-state index in [1.165, 1.54) is 0 Å². The highest BCUT2D eigenvalue weighted by Crippen LogP contribution is 2.33. The highest BCUT2D eigenvalue weighted by Gasteiger charge is 2.32. The van der Waals surface area contributed by atoms with Gasteiger partial charge in [0.05, 0.1) is 5.56 Å². The summed E-state index contributed by atoms with van der Waals surface area (Å²) in [6.07, 6.45) is -3.39. The molecule has 0 spiro atoms. The van der Waals surface area contributed by atoms with E-state index >= 15 is 0 Å². The maximum absolute atomic E-state index is 12.8. The van der Waals surface area contributed by atoms with Crippen molar-refractivity contribution in [3.05, 3.63) is 17.7 Å². The van der Waals surface area contributed by atoms with Gasteiger partial charge in [-0.3, -0.25) is 0 Å². The van der Waals surface area contributed by atoms with E-state index in [4.69, 9.17) is 5.73 Å². The number of hydrogen-bond donors (Lipinski definition) is 1. The SMILES string of the molecule is CCC1CN(c2cc(C(F)(F)F)cc(N)n2)CCS1. The summed E-state index contributed by atoms with van der Waals surface area (Å²) >= 11 is 1.85. The Kier molecular flexibility index (Phi) is 4.13. The fraction of sp³-hybridized carbons (Fsp3) is 0.583. The van der Waals surface area contributed by atoms with Crippen molar-refractivity contribution in [3.8, 4) is 0 Å². The summed E-state index contributed by atoms with van der Waals surface area (Å²) in [5, 5.41) is 0.436. The smallest absolute Gasteiger partial charge is 0.384 e. The molecule has 1 atom stereocenters. The van der Waals surface area contributed by atoms with Gasteiger partial charge in [0.25, 0.3) is 0 Å². The van der Waals surface area contributed by atoms with E-state index in [2.05, 4.69) is 11.9 Å². The van der Waals surface area contributed by atoms with E-state index in [0.717, 1.165) is 30.9 Å². The molecule has 1 saturated heterocycles. The van der Waals surface area contributed by atoms with Crippen molar-refractivity contribution >= 4 is 23.4 Å². The molecule has 3 nitrogen and oxygen atoms in total. The molecule has 106 valence electrons. The van der Waals surface area contributed by atoms with E-state index in [-0.39, 0.29) is 5.82 Å². The number of anilines is 2. The topological polar surface area (TPSA) is 42.1 Å². The first-order valence-corrected chi connectivity index (χ1v) is 7.16. The van der Waals surface area contributed by atoms with Crippen LogP contribution >= 0.6 is 11.8 Å². The number of halogens is 3. The van der Waals surface area contributed by atoms with E-state index in [9.17, 15) is 13.2 Å². The second-order valence-corrected chi connectivity index (χ2v) is 5.89. The maximum Gasteiger partial charge on any atom is 0.416 e. The molecule has 1 aliphatic heterocycles. The molecule has 2 heterocycles. The molecule has 2 rings (SSSR count). The van der Waals surface area contributed by atoms with Gasteiger partial charge in [0, 0.05) is 24.1 Å². The largest absolute Gasteiger partial charge is 0.416 e. The molecule has 1 unspecified atom stereocenters. The van der Waals surface area contributed by atoms with E-state index in [1.54, 1.807) is 0 Å². The third-order valence-electron chi connectivity index (χ3n) is 3.08. The first kappa shape index (κ1) is 14.3. The summed E-state index contributed by atoms with van der Waals surface area (Å²) in [7, 11) is 0. The van der Waals surface area contributed by atoms with Gasteiger partial charge < -0.3 is 10.6 Å². The van der Waals surface area contributed by atoms with Crippen molar-refractivity contribution in [2.24, 2.45) is 0 Å². The van der Waals surface area contributed by atoms with Crippen LogP contribution in [0.1, 0.15) is 18.9 Å². The Bertz CT molecular complexity index is 450. The van der Waals surface area contributed by atoms with Crippen LogP contribution < -0.4 is 10.6 Å². The molecule has 0 amide bonds. The van der Waals surface area contributed by atoms with Gasteiger partial charge >= 0.3 is 6.18 Å². The van der Waals surface area contributed by atoms with Crippen molar-refractivity contribution < 1.29 is 13.2 Å². The lowest BCUT2D eigenvalue weighted by atomic mass is 10.2. The van der Waals surface area contributed by atoms with Gasteiger partial charge in [-0.25, -0.2) is 4.98 Å². The summed E-state index contributed by atoms with van der Waals surface area (Å²) in [6.45, 7) is 3.50. The Morgan fingerprint density at radius 3 is 2.84 bits per heavy atom. The predicted octanol–water partition coefficient (Wildman–Crippen LogP) is 3.01. The lowest BCUT2D eigenvalue weighted by Gasteiger charge is -2.33. The molecule has 2 N–H and O–H groups in total. The predicted molar refractivity (Wildman–Crippen MR) is 72.4 cm³/mol. The van der Waals surface area contributed by atoms with Crippen LogP contribution in [0.15, 0.2) is 12.1 Å². The number of thioether (sulfide) groups is 1. The Morgan fingerprint density at radius 2 is 2.21 bits per heavy atom. The van der Waals surface area contributed by atoms with E-state index in [1.807, 2.05) is 16.7 Å². The number of nitrogens with two attached hydrogens (primary N) is 1. The average Bonchev–Trinajstić information content (AvgIpc) is 2.37.